The number of hydrogen-bond acceptors (Lipinski definition) is 1. The molecule has 1 heterocycles. The molecule has 0 unspecified atom stereocenters. The van der Waals surface area contributed by atoms with Gasteiger partial charge in [0.05, 0.1) is 10.6 Å². The first-order chi connectivity index (χ1) is 8.16. The molecule has 1 N–H and O–H groups in total. The van der Waals surface area contributed by atoms with Gasteiger partial charge < -0.3 is 12.4 Å². The topological polar surface area (TPSA) is 33.0 Å². The van der Waals surface area contributed by atoms with Gasteiger partial charge in [0.2, 0.25) is 0 Å². The van der Waals surface area contributed by atoms with Crippen molar-refractivity contribution in [1.29, 1.82) is 0 Å². The highest BCUT2D eigenvalue weighted by atomic mass is 35.5. The van der Waals surface area contributed by atoms with Crippen molar-refractivity contribution in [1.82, 2.24) is 0 Å². The number of hydrogen-bond donors (Lipinski definition) is 1. The van der Waals surface area contributed by atoms with Gasteiger partial charge in [0, 0.05) is 12.1 Å². The van der Waals surface area contributed by atoms with E-state index in [-0.39, 0.29) is 18.3 Å². The number of aromatic nitrogens is 1. The highest BCUT2D eigenvalue weighted by molar-refractivity contribution is 6.34. The number of nitrogens with zero attached hydrogens (tertiary/aromatic N) is 1. The van der Waals surface area contributed by atoms with Crippen molar-refractivity contribution in [2.24, 2.45) is 0 Å². The lowest BCUT2D eigenvalue weighted by molar-refractivity contribution is -0.641. The van der Waals surface area contributed by atoms with E-state index >= 15 is 0 Å². The smallest absolute Gasteiger partial charge is 0.306 e. The molecule has 0 bridgehead atoms. The average Bonchev–Trinajstić information content (AvgIpc) is 2.30. The van der Waals surface area contributed by atoms with Gasteiger partial charge in [-0.05, 0) is 24.6 Å². The molecule has 1 aromatic carbocycles. The van der Waals surface area contributed by atoms with Gasteiger partial charge >= 0.3 is 5.91 Å². The molecule has 2 aromatic rings. The molecule has 0 fully saturated rings. The number of pyridine rings is 1. The summed E-state index contributed by atoms with van der Waals surface area (Å²) in [5, 5.41) is 0.457. The number of halogens is 2. The van der Waals surface area contributed by atoms with E-state index in [1.54, 1.807) is 29.2 Å². The molecular formula is C13H12Cl2N2O. The summed E-state index contributed by atoms with van der Waals surface area (Å²) in [6.45, 7) is 1.93. The van der Waals surface area contributed by atoms with Crippen LogP contribution in [0.15, 0.2) is 48.8 Å². The Morgan fingerprint density at radius 3 is 2.50 bits per heavy atom. The van der Waals surface area contributed by atoms with Crippen LogP contribution in [0.25, 0.3) is 0 Å². The highest BCUT2D eigenvalue weighted by Gasteiger charge is 2.13. The molecule has 2 rings (SSSR count). The Kier molecular flexibility index (Phi) is 5.13. The number of carbonyl (C=O) groups excluding carboxylic acids is 1. The molecule has 5 heteroatoms. The third-order valence-electron chi connectivity index (χ3n) is 2.32. The first-order valence-electron chi connectivity index (χ1n) is 5.20. The van der Waals surface area contributed by atoms with E-state index in [1.807, 2.05) is 31.2 Å². The zero-order chi connectivity index (χ0) is 12.3. The summed E-state index contributed by atoms with van der Waals surface area (Å²) < 4.78 is 1.58. The van der Waals surface area contributed by atoms with Crippen molar-refractivity contribution in [3.63, 3.8) is 0 Å². The van der Waals surface area contributed by atoms with Crippen LogP contribution in [0.4, 0.5) is 0 Å². The fourth-order valence-corrected chi connectivity index (χ4v) is 1.78. The Morgan fingerprint density at radius 1 is 1.22 bits per heavy atom. The molecule has 18 heavy (non-hydrogen) atoms. The minimum atomic E-state index is -0.230. The van der Waals surface area contributed by atoms with Crippen molar-refractivity contribution in [3.05, 3.63) is 64.9 Å². The molecule has 0 aliphatic carbocycles. The van der Waals surface area contributed by atoms with Crippen LogP contribution in [-0.4, -0.2) is 5.91 Å². The summed E-state index contributed by atoms with van der Waals surface area (Å²) in [5.41, 5.74) is 4.20. The van der Waals surface area contributed by atoms with E-state index in [0.717, 1.165) is 5.56 Å². The normalized spacial score (nSPS) is 9.44. The first-order valence-corrected chi connectivity index (χ1v) is 5.58. The van der Waals surface area contributed by atoms with Gasteiger partial charge in [-0.2, -0.15) is 0 Å². The van der Waals surface area contributed by atoms with Gasteiger partial charge in [-0.25, -0.2) is 0 Å². The Bertz CT molecular complexity index is 544. The molecule has 1 aromatic heterocycles. The van der Waals surface area contributed by atoms with Gasteiger partial charge in [-0.3, -0.25) is 4.79 Å². The second-order valence-corrected chi connectivity index (χ2v) is 4.11. The second-order valence-electron chi connectivity index (χ2n) is 3.71. The van der Waals surface area contributed by atoms with Crippen molar-refractivity contribution >= 4 is 17.5 Å². The molecule has 0 spiro atoms. The number of aryl methyl sites for hydroxylation is 1. The van der Waals surface area contributed by atoms with Gasteiger partial charge in [-0.15, -0.1) is 5.43 Å². The average molecular weight is 283 g/mol. The molecule has 1 amide bonds. The zero-order valence-corrected chi connectivity index (χ0v) is 11.2. The molecule has 0 aliphatic rings. The summed E-state index contributed by atoms with van der Waals surface area (Å²) in [4.78, 5) is 11.9. The third kappa shape index (κ3) is 3.45. The third-order valence-corrected chi connectivity index (χ3v) is 2.63. The van der Waals surface area contributed by atoms with Gasteiger partial charge in [-0.1, -0.05) is 28.4 Å². The van der Waals surface area contributed by atoms with Crippen LogP contribution in [0.1, 0.15) is 15.9 Å². The van der Waals surface area contributed by atoms with Crippen LogP contribution >= 0.6 is 11.6 Å². The Labute approximate surface area is 117 Å². The number of carbonyl (C=O) groups is 1. The summed E-state index contributed by atoms with van der Waals surface area (Å²) in [6, 6.07) is 10.9. The molecule has 0 saturated carbocycles. The molecule has 0 radical (unpaired) electrons. The Balaban J connectivity index is 0.00000162. The van der Waals surface area contributed by atoms with Crippen LogP contribution in [0.5, 0.6) is 0 Å². The lowest BCUT2D eigenvalue weighted by atomic mass is 10.1. The van der Waals surface area contributed by atoms with Crippen LogP contribution in [-0.2, 0) is 0 Å². The second kappa shape index (κ2) is 6.38. The van der Waals surface area contributed by atoms with Gasteiger partial charge in [0.25, 0.3) is 0 Å². The fraction of sp³-hybridized carbons (Fsp3) is 0.0769. The Hall–Kier alpha value is -1.58. The Morgan fingerprint density at radius 2 is 1.89 bits per heavy atom. The van der Waals surface area contributed by atoms with E-state index in [2.05, 4.69) is 5.43 Å². The predicted molar refractivity (Wildman–Crippen MR) is 66.5 cm³/mol. The van der Waals surface area contributed by atoms with Crippen LogP contribution in [0, 0.1) is 6.92 Å². The van der Waals surface area contributed by atoms with Crippen LogP contribution in [0.2, 0.25) is 5.02 Å². The number of benzene rings is 1. The standard InChI is InChI=1S/C13H11ClN2O.ClH/c1-10-5-6-11(12(14)9-10)13(17)15-16-7-3-2-4-8-16;/h2-9H,1H3;1H. The maximum atomic E-state index is 11.9. The summed E-state index contributed by atoms with van der Waals surface area (Å²) in [7, 11) is 0. The first kappa shape index (κ1) is 14.5. The number of rotatable bonds is 2. The van der Waals surface area contributed by atoms with E-state index in [9.17, 15) is 4.79 Å². The fourth-order valence-electron chi connectivity index (χ4n) is 1.45. The maximum Gasteiger partial charge on any atom is 0.306 e. The monoisotopic (exact) mass is 282 g/mol. The van der Waals surface area contributed by atoms with Gasteiger partial charge in [0.15, 0.2) is 12.4 Å². The molecule has 0 saturated heterocycles. The number of amides is 1. The summed E-state index contributed by atoms with van der Waals surface area (Å²) >= 11 is 6.02. The lowest BCUT2D eigenvalue weighted by Gasteiger charge is -2.03. The van der Waals surface area contributed by atoms with E-state index < -0.39 is 0 Å². The lowest BCUT2D eigenvalue weighted by Crippen LogP contribution is -3.00. The maximum absolute atomic E-state index is 11.9. The minimum absolute atomic E-state index is 0. The van der Waals surface area contributed by atoms with E-state index in [0.29, 0.717) is 10.6 Å². The summed E-state index contributed by atoms with van der Waals surface area (Å²) in [5.74, 6) is -0.230. The predicted octanol–water partition coefficient (Wildman–Crippen LogP) is -0.676. The largest absolute Gasteiger partial charge is 1.00 e. The van der Waals surface area contributed by atoms with E-state index in [4.69, 9.17) is 11.6 Å². The van der Waals surface area contributed by atoms with Crippen molar-refractivity contribution in [2.45, 2.75) is 6.92 Å². The minimum Gasteiger partial charge on any atom is -1.00 e. The molecule has 3 nitrogen and oxygen atoms in total. The van der Waals surface area contributed by atoms with Crippen LogP contribution < -0.4 is 22.5 Å². The quantitative estimate of drug-likeness (QED) is 0.728. The van der Waals surface area contributed by atoms with Crippen molar-refractivity contribution < 1.29 is 21.9 Å². The molecule has 94 valence electrons. The zero-order valence-electron chi connectivity index (χ0n) is 9.73. The summed E-state index contributed by atoms with van der Waals surface area (Å²) in [6.07, 6.45) is 3.50. The SMILES string of the molecule is Cc1ccc(C(=O)N[n+]2ccccc2)c(Cl)c1.[Cl-]. The van der Waals surface area contributed by atoms with Crippen molar-refractivity contribution in [2.75, 3.05) is 5.43 Å². The van der Waals surface area contributed by atoms with Gasteiger partial charge in [0.1, 0.15) is 0 Å². The molecular weight excluding hydrogens is 271 g/mol. The molecule has 0 atom stereocenters. The van der Waals surface area contributed by atoms with E-state index in [1.165, 1.54) is 0 Å². The molecule has 0 aliphatic heterocycles. The highest BCUT2D eigenvalue weighted by Crippen LogP contribution is 2.17. The van der Waals surface area contributed by atoms with Crippen molar-refractivity contribution in [3.8, 4) is 0 Å². The van der Waals surface area contributed by atoms with Crippen LogP contribution in [0.3, 0.4) is 0 Å². The number of nitrogens with one attached hydrogen (secondary N) is 1.